The van der Waals surface area contributed by atoms with E-state index in [9.17, 15) is 9.59 Å². The summed E-state index contributed by atoms with van der Waals surface area (Å²) < 4.78 is 11.0. The van der Waals surface area contributed by atoms with Gasteiger partial charge in [0.15, 0.2) is 0 Å². The van der Waals surface area contributed by atoms with Gasteiger partial charge in [-0.3, -0.25) is 14.5 Å². The molecule has 0 aromatic carbocycles. The Kier molecular flexibility index (Phi) is 4.75. The zero-order chi connectivity index (χ0) is 18.1. The molecule has 3 aliphatic heterocycles. The standard InChI is InChI=1S/C19H27N3O4/c1-20-14-19(11-17(20)23)2-4-22(5-3-19)18(24)15-10-16(26-13-15)12-21-6-8-25-9-7-21/h10,13H,2-9,11-12,14H2,1H3. The van der Waals surface area contributed by atoms with Gasteiger partial charge in [-0.2, -0.15) is 0 Å². The highest BCUT2D eigenvalue weighted by Gasteiger charge is 2.44. The van der Waals surface area contributed by atoms with E-state index in [1.54, 1.807) is 6.26 Å². The number of carbonyl (C=O) groups is 2. The molecule has 3 saturated heterocycles. The average molecular weight is 361 g/mol. The van der Waals surface area contributed by atoms with Gasteiger partial charge in [0.25, 0.3) is 5.91 Å². The summed E-state index contributed by atoms with van der Waals surface area (Å²) in [5, 5.41) is 0. The highest BCUT2D eigenvalue weighted by atomic mass is 16.5. The van der Waals surface area contributed by atoms with Crippen LogP contribution in [0.3, 0.4) is 0 Å². The van der Waals surface area contributed by atoms with E-state index in [1.165, 1.54) is 0 Å². The SMILES string of the molecule is CN1CC2(CCN(C(=O)c3coc(CN4CCOCC4)c3)CC2)CC1=O. The summed E-state index contributed by atoms with van der Waals surface area (Å²) in [4.78, 5) is 30.7. The van der Waals surface area contributed by atoms with Crippen molar-refractivity contribution in [3.05, 3.63) is 23.7 Å². The van der Waals surface area contributed by atoms with E-state index in [4.69, 9.17) is 9.15 Å². The molecule has 2 amide bonds. The molecule has 142 valence electrons. The molecule has 1 aromatic rings. The molecule has 1 aromatic heterocycles. The Morgan fingerprint density at radius 3 is 2.58 bits per heavy atom. The highest BCUT2D eigenvalue weighted by molar-refractivity contribution is 5.94. The van der Waals surface area contributed by atoms with Crippen LogP contribution in [0.15, 0.2) is 16.7 Å². The number of amides is 2. The summed E-state index contributed by atoms with van der Waals surface area (Å²) in [7, 11) is 1.87. The van der Waals surface area contributed by atoms with Gasteiger partial charge >= 0.3 is 0 Å². The van der Waals surface area contributed by atoms with Crippen molar-refractivity contribution in [3.8, 4) is 0 Å². The third-order valence-electron chi connectivity index (χ3n) is 6.02. The van der Waals surface area contributed by atoms with E-state index in [0.717, 1.165) is 51.4 Å². The third-order valence-corrected chi connectivity index (χ3v) is 6.02. The number of furan rings is 1. The van der Waals surface area contributed by atoms with Crippen molar-refractivity contribution < 1.29 is 18.7 Å². The van der Waals surface area contributed by atoms with Crippen molar-refractivity contribution in [2.24, 2.45) is 5.41 Å². The summed E-state index contributed by atoms with van der Waals surface area (Å²) in [6, 6.07) is 1.87. The number of morpholine rings is 1. The lowest BCUT2D eigenvalue weighted by atomic mass is 9.77. The highest BCUT2D eigenvalue weighted by Crippen LogP contribution is 2.40. The zero-order valence-corrected chi connectivity index (χ0v) is 15.4. The smallest absolute Gasteiger partial charge is 0.257 e. The number of ether oxygens (including phenoxy) is 1. The van der Waals surface area contributed by atoms with Crippen molar-refractivity contribution in [2.75, 3.05) is 53.0 Å². The first-order valence-electron chi connectivity index (χ1n) is 9.45. The molecule has 0 atom stereocenters. The fourth-order valence-electron chi connectivity index (χ4n) is 4.36. The fourth-order valence-corrected chi connectivity index (χ4v) is 4.36. The number of hydrogen-bond donors (Lipinski definition) is 0. The second-order valence-electron chi connectivity index (χ2n) is 7.91. The number of hydrogen-bond acceptors (Lipinski definition) is 5. The molecule has 4 heterocycles. The minimum absolute atomic E-state index is 0.0366. The van der Waals surface area contributed by atoms with Gasteiger partial charge in [-0.15, -0.1) is 0 Å². The summed E-state index contributed by atoms with van der Waals surface area (Å²) in [5.74, 6) is 1.09. The van der Waals surface area contributed by atoms with E-state index >= 15 is 0 Å². The average Bonchev–Trinajstić information content (AvgIpc) is 3.21. The molecule has 0 saturated carbocycles. The third kappa shape index (κ3) is 3.50. The van der Waals surface area contributed by atoms with Crippen LogP contribution in [-0.4, -0.2) is 79.5 Å². The molecule has 0 unspecified atom stereocenters. The molecule has 0 radical (unpaired) electrons. The summed E-state index contributed by atoms with van der Waals surface area (Å²) in [5.41, 5.74) is 0.698. The number of rotatable bonds is 3. The molecule has 0 aliphatic carbocycles. The maximum Gasteiger partial charge on any atom is 0.257 e. The lowest BCUT2D eigenvalue weighted by Gasteiger charge is -2.38. The van der Waals surface area contributed by atoms with E-state index in [1.807, 2.05) is 22.9 Å². The van der Waals surface area contributed by atoms with Gasteiger partial charge in [0.1, 0.15) is 12.0 Å². The molecular formula is C19H27N3O4. The van der Waals surface area contributed by atoms with Gasteiger partial charge < -0.3 is 19.0 Å². The number of carbonyl (C=O) groups excluding carboxylic acids is 2. The topological polar surface area (TPSA) is 66.2 Å². The molecule has 1 spiro atoms. The first-order chi connectivity index (χ1) is 12.5. The van der Waals surface area contributed by atoms with Crippen LogP contribution in [-0.2, 0) is 16.1 Å². The Bertz CT molecular complexity index is 672. The van der Waals surface area contributed by atoms with Gasteiger partial charge in [0.05, 0.1) is 25.3 Å². The van der Waals surface area contributed by atoms with Crippen LogP contribution in [0.1, 0.15) is 35.4 Å². The fraction of sp³-hybridized carbons (Fsp3) is 0.684. The van der Waals surface area contributed by atoms with Crippen LogP contribution >= 0.6 is 0 Å². The minimum Gasteiger partial charge on any atom is -0.467 e. The Hall–Kier alpha value is -1.86. The summed E-state index contributed by atoms with van der Waals surface area (Å²) in [6.45, 7) is 6.25. The van der Waals surface area contributed by atoms with Crippen molar-refractivity contribution in [1.29, 1.82) is 0 Å². The van der Waals surface area contributed by atoms with Crippen LogP contribution < -0.4 is 0 Å². The predicted molar refractivity (Wildman–Crippen MR) is 94.6 cm³/mol. The Labute approximate surface area is 153 Å². The van der Waals surface area contributed by atoms with Crippen molar-refractivity contribution in [3.63, 3.8) is 0 Å². The van der Waals surface area contributed by atoms with E-state index in [0.29, 0.717) is 31.6 Å². The Morgan fingerprint density at radius 1 is 1.19 bits per heavy atom. The lowest BCUT2D eigenvalue weighted by molar-refractivity contribution is -0.126. The first kappa shape index (κ1) is 17.5. The van der Waals surface area contributed by atoms with Crippen LogP contribution in [0.4, 0.5) is 0 Å². The maximum atomic E-state index is 12.8. The second kappa shape index (κ2) is 7.04. The van der Waals surface area contributed by atoms with E-state index in [2.05, 4.69) is 4.90 Å². The van der Waals surface area contributed by atoms with E-state index < -0.39 is 0 Å². The second-order valence-corrected chi connectivity index (χ2v) is 7.91. The zero-order valence-electron chi connectivity index (χ0n) is 15.4. The number of nitrogens with zero attached hydrogens (tertiary/aromatic N) is 3. The van der Waals surface area contributed by atoms with Crippen LogP contribution in [0.2, 0.25) is 0 Å². The van der Waals surface area contributed by atoms with E-state index in [-0.39, 0.29) is 17.2 Å². The largest absolute Gasteiger partial charge is 0.467 e. The van der Waals surface area contributed by atoms with Crippen LogP contribution in [0.25, 0.3) is 0 Å². The summed E-state index contributed by atoms with van der Waals surface area (Å²) >= 11 is 0. The molecule has 3 fully saturated rings. The first-order valence-corrected chi connectivity index (χ1v) is 9.45. The Balaban J connectivity index is 1.33. The lowest BCUT2D eigenvalue weighted by Crippen LogP contribution is -2.44. The van der Waals surface area contributed by atoms with Crippen LogP contribution in [0, 0.1) is 5.41 Å². The minimum atomic E-state index is 0.0366. The molecule has 26 heavy (non-hydrogen) atoms. The molecule has 7 nitrogen and oxygen atoms in total. The van der Waals surface area contributed by atoms with Crippen molar-refractivity contribution >= 4 is 11.8 Å². The summed E-state index contributed by atoms with van der Waals surface area (Å²) in [6.07, 6.45) is 4.00. The van der Waals surface area contributed by atoms with Gasteiger partial charge in [-0.25, -0.2) is 0 Å². The Morgan fingerprint density at radius 2 is 1.92 bits per heavy atom. The number of piperidine rings is 1. The van der Waals surface area contributed by atoms with Crippen molar-refractivity contribution in [2.45, 2.75) is 25.8 Å². The van der Waals surface area contributed by atoms with Gasteiger partial charge in [0, 0.05) is 51.6 Å². The molecule has 0 bridgehead atoms. The quantitative estimate of drug-likeness (QED) is 0.809. The molecule has 3 aliphatic rings. The maximum absolute atomic E-state index is 12.8. The molecular weight excluding hydrogens is 334 g/mol. The molecule has 4 rings (SSSR count). The van der Waals surface area contributed by atoms with Gasteiger partial charge in [-0.1, -0.05) is 0 Å². The van der Waals surface area contributed by atoms with Crippen LogP contribution in [0.5, 0.6) is 0 Å². The van der Waals surface area contributed by atoms with Crippen molar-refractivity contribution in [1.82, 2.24) is 14.7 Å². The van der Waals surface area contributed by atoms with Gasteiger partial charge in [0.2, 0.25) is 5.91 Å². The molecule has 7 heteroatoms. The van der Waals surface area contributed by atoms with Gasteiger partial charge in [-0.05, 0) is 18.9 Å². The monoisotopic (exact) mass is 361 g/mol. The normalized spacial score (nSPS) is 23.8. The predicted octanol–water partition coefficient (Wildman–Crippen LogP) is 1.20. The number of likely N-dealkylation sites (tertiary alicyclic amines) is 2. The molecule has 0 N–H and O–H groups in total.